The zero-order valence-electron chi connectivity index (χ0n) is 14.7. The van der Waals surface area contributed by atoms with E-state index in [2.05, 4.69) is 5.32 Å². The van der Waals surface area contributed by atoms with Gasteiger partial charge in [-0.05, 0) is 37.5 Å². The summed E-state index contributed by atoms with van der Waals surface area (Å²) in [5.74, 6) is -0.219. The molecule has 1 aliphatic heterocycles. The first-order valence-corrected chi connectivity index (χ1v) is 8.83. The molecule has 6 nitrogen and oxygen atoms in total. The highest BCUT2D eigenvalue weighted by atomic mass is 35.5. The third-order valence-corrected chi connectivity index (χ3v) is 4.71. The number of halogens is 1. The van der Waals surface area contributed by atoms with Crippen molar-refractivity contribution in [3.05, 3.63) is 34.9 Å². The number of nitrogens with one attached hydrogen (secondary N) is 1. The largest absolute Gasteiger partial charge is 0.450 e. The molecule has 1 aromatic carbocycles. The van der Waals surface area contributed by atoms with Crippen LogP contribution in [0.25, 0.3) is 0 Å². The summed E-state index contributed by atoms with van der Waals surface area (Å²) < 4.78 is 10.4. The van der Waals surface area contributed by atoms with Crippen LogP contribution in [0.2, 0.25) is 5.02 Å². The number of hydrogen-bond acceptors (Lipinski definition) is 4. The van der Waals surface area contributed by atoms with Gasteiger partial charge in [-0.15, -0.1) is 0 Å². The molecule has 0 aliphatic carbocycles. The number of hydrogen-bond donors (Lipinski definition) is 1. The SMILES string of the molecule is CCOC(=O)N(C)CC(=O)NCC1(c2cccc(Cl)c2)CCOCC1. The lowest BCUT2D eigenvalue weighted by Gasteiger charge is -2.38. The highest BCUT2D eigenvalue weighted by Gasteiger charge is 2.35. The minimum atomic E-state index is -0.506. The molecular weight excluding hydrogens is 344 g/mol. The molecule has 138 valence electrons. The normalized spacial score (nSPS) is 16.1. The molecule has 7 heteroatoms. The van der Waals surface area contributed by atoms with E-state index in [0.29, 0.717) is 24.8 Å². The monoisotopic (exact) mass is 368 g/mol. The van der Waals surface area contributed by atoms with Crippen LogP contribution in [0.1, 0.15) is 25.3 Å². The fourth-order valence-corrected chi connectivity index (χ4v) is 3.18. The van der Waals surface area contributed by atoms with Crippen LogP contribution in [0.5, 0.6) is 0 Å². The number of ether oxygens (including phenoxy) is 2. The van der Waals surface area contributed by atoms with Crippen molar-refractivity contribution in [3.8, 4) is 0 Å². The number of amides is 2. The fraction of sp³-hybridized carbons (Fsp3) is 0.556. The van der Waals surface area contributed by atoms with Gasteiger partial charge in [-0.1, -0.05) is 23.7 Å². The van der Waals surface area contributed by atoms with Crippen molar-refractivity contribution in [1.29, 1.82) is 0 Å². The maximum atomic E-state index is 12.2. The van der Waals surface area contributed by atoms with Gasteiger partial charge in [-0.2, -0.15) is 0 Å². The van der Waals surface area contributed by atoms with Gasteiger partial charge in [0.25, 0.3) is 0 Å². The lowest BCUT2D eigenvalue weighted by molar-refractivity contribution is -0.122. The second kappa shape index (κ2) is 9.06. The summed E-state index contributed by atoms with van der Waals surface area (Å²) in [5.41, 5.74) is 0.892. The Morgan fingerprint density at radius 1 is 1.36 bits per heavy atom. The number of carbonyl (C=O) groups is 2. The first-order valence-electron chi connectivity index (χ1n) is 8.45. The third-order valence-electron chi connectivity index (χ3n) is 4.47. The van der Waals surface area contributed by atoms with Crippen LogP contribution in [0, 0.1) is 0 Å². The quantitative estimate of drug-likeness (QED) is 0.838. The molecule has 1 fully saturated rings. The summed E-state index contributed by atoms with van der Waals surface area (Å²) in [7, 11) is 1.54. The van der Waals surface area contributed by atoms with Crippen molar-refractivity contribution in [3.63, 3.8) is 0 Å². The van der Waals surface area contributed by atoms with Gasteiger partial charge in [-0.25, -0.2) is 4.79 Å². The van der Waals surface area contributed by atoms with Gasteiger partial charge in [0.15, 0.2) is 0 Å². The summed E-state index contributed by atoms with van der Waals surface area (Å²) in [5, 5.41) is 3.63. The highest BCUT2D eigenvalue weighted by molar-refractivity contribution is 6.30. The van der Waals surface area contributed by atoms with Gasteiger partial charge in [0.1, 0.15) is 6.54 Å². The van der Waals surface area contributed by atoms with Crippen LogP contribution >= 0.6 is 11.6 Å². The zero-order valence-corrected chi connectivity index (χ0v) is 15.5. The predicted octanol–water partition coefficient (Wildman–Crippen LogP) is 2.59. The van der Waals surface area contributed by atoms with Crippen molar-refractivity contribution >= 4 is 23.6 Å². The molecule has 1 saturated heterocycles. The Labute approximate surface area is 153 Å². The Hall–Kier alpha value is -1.79. The van der Waals surface area contributed by atoms with Crippen molar-refractivity contribution in [2.24, 2.45) is 0 Å². The van der Waals surface area contributed by atoms with Crippen molar-refractivity contribution in [2.75, 3.05) is 40.0 Å². The molecule has 1 heterocycles. The van der Waals surface area contributed by atoms with E-state index < -0.39 is 6.09 Å². The topological polar surface area (TPSA) is 67.9 Å². The summed E-state index contributed by atoms with van der Waals surface area (Å²) in [6, 6.07) is 7.74. The molecule has 1 aromatic rings. The number of benzene rings is 1. The summed E-state index contributed by atoms with van der Waals surface area (Å²) in [4.78, 5) is 25.1. The van der Waals surface area contributed by atoms with Crippen molar-refractivity contribution < 1.29 is 19.1 Å². The molecule has 0 aromatic heterocycles. The molecule has 0 spiro atoms. The van der Waals surface area contributed by atoms with Crippen molar-refractivity contribution in [1.82, 2.24) is 10.2 Å². The van der Waals surface area contributed by atoms with Crippen LogP contribution in [0.4, 0.5) is 4.79 Å². The molecule has 25 heavy (non-hydrogen) atoms. The number of nitrogens with zero attached hydrogens (tertiary/aromatic N) is 1. The van der Waals surface area contributed by atoms with Crippen LogP contribution in [-0.4, -0.2) is 56.9 Å². The smallest absolute Gasteiger partial charge is 0.409 e. The Bertz CT molecular complexity index is 602. The number of likely N-dealkylation sites (N-methyl/N-ethyl adjacent to an activating group) is 1. The van der Waals surface area contributed by atoms with Gasteiger partial charge in [-0.3, -0.25) is 4.79 Å². The molecule has 1 aliphatic rings. The van der Waals surface area contributed by atoms with E-state index >= 15 is 0 Å². The van der Waals surface area contributed by atoms with Crippen LogP contribution in [-0.2, 0) is 19.7 Å². The average molecular weight is 369 g/mol. The first kappa shape index (κ1) is 19.5. The summed E-state index contributed by atoms with van der Waals surface area (Å²) in [6.45, 7) is 3.73. The minimum Gasteiger partial charge on any atom is -0.450 e. The molecule has 0 radical (unpaired) electrons. The fourth-order valence-electron chi connectivity index (χ4n) is 2.99. The molecule has 0 unspecified atom stereocenters. The molecular formula is C18H25ClN2O4. The Kier molecular flexibility index (Phi) is 7.08. The van der Waals surface area contributed by atoms with Gasteiger partial charge in [0, 0.05) is 37.2 Å². The lowest BCUT2D eigenvalue weighted by atomic mass is 9.74. The van der Waals surface area contributed by atoms with Gasteiger partial charge in [0.05, 0.1) is 6.61 Å². The van der Waals surface area contributed by atoms with Crippen LogP contribution in [0.15, 0.2) is 24.3 Å². The third kappa shape index (κ3) is 5.34. The highest BCUT2D eigenvalue weighted by Crippen LogP contribution is 2.35. The van der Waals surface area contributed by atoms with Gasteiger partial charge >= 0.3 is 6.09 Å². The molecule has 0 saturated carbocycles. The van der Waals surface area contributed by atoms with E-state index in [1.165, 1.54) is 4.90 Å². The van der Waals surface area contributed by atoms with E-state index in [-0.39, 0.29) is 24.5 Å². The van der Waals surface area contributed by atoms with Gasteiger partial charge < -0.3 is 19.7 Å². The standard InChI is InChI=1S/C18H25ClN2O4/c1-3-25-17(23)21(2)12-16(22)20-13-18(7-9-24-10-8-18)14-5-4-6-15(19)11-14/h4-6,11H,3,7-10,12-13H2,1-2H3,(H,20,22). The number of carbonyl (C=O) groups excluding carboxylic acids is 2. The zero-order chi connectivity index (χ0) is 18.3. The van der Waals surface area contributed by atoms with Crippen molar-refractivity contribution in [2.45, 2.75) is 25.2 Å². The second-order valence-corrected chi connectivity index (χ2v) is 6.67. The first-order chi connectivity index (χ1) is 12.0. The van der Waals surface area contributed by atoms with E-state index in [1.807, 2.05) is 24.3 Å². The molecule has 2 rings (SSSR count). The average Bonchev–Trinajstić information content (AvgIpc) is 2.61. The molecule has 1 N–H and O–H groups in total. The second-order valence-electron chi connectivity index (χ2n) is 6.23. The maximum absolute atomic E-state index is 12.2. The molecule has 0 bridgehead atoms. The molecule has 0 atom stereocenters. The maximum Gasteiger partial charge on any atom is 0.409 e. The van der Waals surface area contributed by atoms with Crippen LogP contribution < -0.4 is 5.32 Å². The minimum absolute atomic E-state index is 0.0407. The predicted molar refractivity (Wildman–Crippen MR) is 95.8 cm³/mol. The Morgan fingerprint density at radius 3 is 2.72 bits per heavy atom. The number of rotatable bonds is 6. The van der Waals surface area contributed by atoms with E-state index in [1.54, 1.807) is 14.0 Å². The van der Waals surface area contributed by atoms with E-state index in [4.69, 9.17) is 21.1 Å². The van der Waals surface area contributed by atoms with E-state index in [0.717, 1.165) is 18.4 Å². The van der Waals surface area contributed by atoms with Gasteiger partial charge in [0.2, 0.25) is 5.91 Å². The Morgan fingerprint density at radius 2 is 2.08 bits per heavy atom. The lowest BCUT2D eigenvalue weighted by Crippen LogP contribution is -2.47. The Balaban J connectivity index is 2.01. The van der Waals surface area contributed by atoms with Crippen LogP contribution in [0.3, 0.4) is 0 Å². The molecule has 2 amide bonds. The summed E-state index contributed by atoms with van der Waals surface area (Å²) >= 11 is 6.15. The summed E-state index contributed by atoms with van der Waals surface area (Å²) in [6.07, 6.45) is 1.11. The van der Waals surface area contributed by atoms with E-state index in [9.17, 15) is 9.59 Å².